The largest absolute Gasteiger partial charge is 0.465 e. The molecular weight excluding hydrogens is 294 g/mol. The van der Waals surface area contributed by atoms with Crippen LogP contribution in [0.4, 0.5) is 22.4 Å². The van der Waals surface area contributed by atoms with Gasteiger partial charge in [0.25, 0.3) is 0 Å². The van der Waals surface area contributed by atoms with Gasteiger partial charge in [0.05, 0.1) is 11.2 Å². The predicted octanol–water partition coefficient (Wildman–Crippen LogP) is 2.81. The van der Waals surface area contributed by atoms with E-state index in [1.54, 1.807) is 0 Å². The molecule has 21 heavy (non-hydrogen) atoms. The smallest absolute Gasteiger partial charge is 0.419 e. The van der Waals surface area contributed by atoms with Crippen LogP contribution in [-0.2, 0) is 11.8 Å². The van der Waals surface area contributed by atoms with Crippen LogP contribution in [0.25, 0.3) is 0 Å². The van der Waals surface area contributed by atoms with Gasteiger partial charge in [0.2, 0.25) is 0 Å². The molecule has 116 valence electrons. The van der Waals surface area contributed by atoms with Crippen molar-refractivity contribution in [1.29, 1.82) is 0 Å². The van der Waals surface area contributed by atoms with Crippen LogP contribution in [0.5, 0.6) is 0 Å². The molecule has 1 aromatic rings. The van der Waals surface area contributed by atoms with E-state index in [-0.39, 0.29) is 31.5 Å². The number of benzene rings is 1. The van der Waals surface area contributed by atoms with Crippen LogP contribution in [0, 0.1) is 5.82 Å². The van der Waals surface area contributed by atoms with Crippen molar-refractivity contribution in [2.24, 2.45) is 0 Å². The van der Waals surface area contributed by atoms with E-state index in [0.29, 0.717) is 12.1 Å². The lowest BCUT2D eigenvalue weighted by molar-refractivity contribution is -0.140. The molecule has 1 aromatic carbocycles. The Morgan fingerprint density at radius 2 is 1.81 bits per heavy atom. The highest BCUT2D eigenvalue weighted by atomic mass is 19.4. The van der Waals surface area contributed by atoms with Gasteiger partial charge in [-0.25, -0.2) is 9.18 Å². The summed E-state index contributed by atoms with van der Waals surface area (Å²) in [4.78, 5) is 11.9. The molecule has 0 unspecified atom stereocenters. The van der Waals surface area contributed by atoms with Gasteiger partial charge in [-0.3, -0.25) is 0 Å². The zero-order valence-electron chi connectivity index (χ0n) is 10.8. The molecule has 1 aliphatic rings. The van der Waals surface area contributed by atoms with Gasteiger partial charge in [0.15, 0.2) is 0 Å². The maximum Gasteiger partial charge on any atom is 0.419 e. The van der Waals surface area contributed by atoms with E-state index in [0.717, 1.165) is 11.0 Å². The molecule has 1 saturated heterocycles. The number of alkyl halides is 3. The van der Waals surface area contributed by atoms with Gasteiger partial charge in [-0.1, -0.05) is 6.07 Å². The van der Waals surface area contributed by atoms with Gasteiger partial charge in [0.1, 0.15) is 5.82 Å². The van der Waals surface area contributed by atoms with E-state index < -0.39 is 29.3 Å². The Morgan fingerprint density at radius 1 is 1.24 bits per heavy atom. The van der Waals surface area contributed by atoms with E-state index in [2.05, 4.69) is 0 Å². The van der Waals surface area contributed by atoms with Crippen molar-refractivity contribution in [3.05, 3.63) is 35.1 Å². The minimum atomic E-state index is -4.85. The van der Waals surface area contributed by atoms with Crippen molar-refractivity contribution in [2.75, 3.05) is 13.1 Å². The van der Waals surface area contributed by atoms with Crippen molar-refractivity contribution >= 4 is 6.09 Å². The molecule has 1 fully saturated rings. The number of hydrogen-bond acceptors (Lipinski definition) is 2. The third-order valence-corrected chi connectivity index (χ3v) is 3.67. The second-order valence-corrected chi connectivity index (χ2v) is 4.99. The summed E-state index contributed by atoms with van der Waals surface area (Å²) in [7, 11) is 0. The molecule has 0 atom stereocenters. The Balaban J connectivity index is 2.28. The Kier molecular flexibility index (Phi) is 3.83. The van der Waals surface area contributed by atoms with Gasteiger partial charge >= 0.3 is 12.3 Å². The Labute approximate surface area is 117 Å². The molecule has 1 heterocycles. The lowest BCUT2D eigenvalue weighted by atomic mass is 9.84. The van der Waals surface area contributed by atoms with Crippen LogP contribution >= 0.6 is 0 Å². The second-order valence-electron chi connectivity index (χ2n) is 4.99. The molecule has 0 bridgehead atoms. The summed E-state index contributed by atoms with van der Waals surface area (Å²) < 4.78 is 51.3. The molecular formula is C13H13F4NO3. The SMILES string of the molecule is O=C(O)N1CCC(O)(c2ccc(F)c(C(F)(F)F)c2)CC1. The summed E-state index contributed by atoms with van der Waals surface area (Å²) >= 11 is 0. The first-order valence-corrected chi connectivity index (χ1v) is 6.21. The van der Waals surface area contributed by atoms with E-state index in [1.807, 2.05) is 0 Å². The summed E-state index contributed by atoms with van der Waals surface area (Å²) in [5, 5.41) is 19.2. The number of nitrogens with zero attached hydrogens (tertiary/aromatic N) is 1. The molecule has 0 radical (unpaired) electrons. The second kappa shape index (κ2) is 5.18. The van der Waals surface area contributed by atoms with Gasteiger partial charge in [-0.2, -0.15) is 13.2 Å². The third kappa shape index (κ3) is 3.10. The molecule has 0 aromatic heterocycles. The van der Waals surface area contributed by atoms with Crippen LogP contribution in [0.1, 0.15) is 24.0 Å². The highest BCUT2D eigenvalue weighted by Crippen LogP contribution is 2.37. The normalized spacial score (nSPS) is 18.6. The van der Waals surface area contributed by atoms with Crippen LogP contribution in [0.15, 0.2) is 18.2 Å². The highest BCUT2D eigenvalue weighted by Gasteiger charge is 2.39. The van der Waals surface area contributed by atoms with Crippen molar-refractivity contribution in [3.8, 4) is 0 Å². The molecule has 1 amide bonds. The van der Waals surface area contributed by atoms with Crippen LogP contribution in [0.3, 0.4) is 0 Å². The number of halogens is 4. The van der Waals surface area contributed by atoms with E-state index in [1.165, 1.54) is 0 Å². The highest BCUT2D eigenvalue weighted by molar-refractivity contribution is 5.65. The van der Waals surface area contributed by atoms with Crippen molar-refractivity contribution in [3.63, 3.8) is 0 Å². The number of likely N-dealkylation sites (tertiary alicyclic amines) is 1. The fourth-order valence-electron chi connectivity index (χ4n) is 2.39. The fraction of sp³-hybridized carbons (Fsp3) is 0.462. The van der Waals surface area contributed by atoms with Crippen LogP contribution in [-0.4, -0.2) is 34.3 Å². The van der Waals surface area contributed by atoms with E-state index in [4.69, 9.17) is 5.11 Å². The monoisotopic (exact) mass is 307 g/mol. The summed E-state index contributed by atoms with van der Waals surface area (Å²) in [6, 6.07) is 2.35. The zero-order chi connectivity index (χ0) is 15.8. The number of amides is 1. The minimum absolute atomic E-state index is 0.00452. The number of rotatable bonds is 1. The van der Waals surface area contributed by atoms with Crippen molar-refractivity contribution in [2.45, 2.75) is 24.6 Å². The minimum Gasteiger partial charge on any atom is -0.465 e. The lowest BCUT2D eigenvalue weighted by Gasteiger charge is -2.37. The van der Waals surface area contributed by atoms with Crippen molar-refractivity contribution < 1.29 is 32.6 Å². The standard InChI is InChI=1S/C13H13F4NO3/c14-10-2-1-8(7-9(10)13(15,16)17)12(21)3-5-18(6-4-12)11(19)20/h1-2,7,21H,3-6H2,(H,19,20). The molecule has 0 saturated carbocycles. The maximum absolute atomic E-state index is 13.2. The summed E-state index contributed by atoms with van der Waals surface area (Å²) in [5.41, 5.74) is -3.07. The lowest BCUT2D eigenvalue weighted by Crippen LogP contribution is -2.44. The van der Waals surface area contributed by atoms with Gasteiger partial charge < -0.3 is 15.1 Å². The summed E-state index contributed by atoms with van der Waals surface area (Å²) in [6.07, 6.45) is -6.07. The first-order chi connectivity index (χ1) is 9.63. The average molecular weight is 307 g/mol. The Bertz CT molecular complexity index is 551. The Morgan fingerprint density at radius 3 is 2.29 bits per heavy atom. The number of piperidine rings is 1. The first-order valence-electron chi connectivity index (χ1n) is 6.21. The molecule has 2 rings (SSSR count). The van der Waals surface area contributed by atoms with E-state index in [9.17, 15) is 27.5 Å². The summed E-state index contributed by atoms with van der Waals surface area (Å²) in [6.45, 7) is 0.00905. The fourth-order valence-corrected chi connectivity index (χ4v) is 2.39. The predicted molar refractivity (Wildman–Crippen MR) is 64.1 cm³/mol. The topological polar surface area (TPSA) is 60.8 Å². The quantitative estimate of drug-likeness (QED) is 0.784. The first kappa shape index (κ1) is 15.6. The average Bonchev–Trinajstić information content (AvgIpc) is 2.38. The van der Waals surface area contributed by atoms with Gasteiger partial charge in [-0.05, 0) is 30.5 Å². The van der Waals surface area contributed by atoms with Crippen molar-refractivity contribution in [1.82, 2.24) is 4.90 Å². The summed E-state index contributed by atoms with van der Waals surface area (Å²) in [5.74, 6) is -1.40. The molecule has 2 N–H and O–H groups in total. The molecule has 1 aliphatic heterocycles. The number of aliphatic hydroxyl groups is 1. The molecule has 8 heteroatoms. The molecule has 0 aliphatic carbocycles. The molecule has 4 nitrogen and oxygen atoms in total. The number of carboxylic acid groups (broad SMARTS) is 1. The molecule has 0 spiro atoms. The van der Waals surface area contributed by atoms with E-state index >= 15 is 0 Å². The zero-order valence-corrected chi connectivity index (χ0v) is 10.8. The third-order valence-electron chi connectivity index (χ3n) is 3.67. The Hall–Kier alpha value is -1.83. The number of hydrogen-bond donors (Lipinski definition) is 2. The van der Waals surface area contributed by atoms with Crippen LogP contribution in [0.2, 0.25) is 0 Å². The van der Waals surface area contributed by atoms with Gasteiger partial charge in [0, 0.05) is 13.1 Å². The number of carbonyl (C=O) groups is 1. The van der Waals surface area contributed by atoms with Gasteiger partial charge in [-0.15, -0.1) is 0 Å². The van der Waals surface area contributed by atoms with Crippen LogP contribution < -0.4 is 0 Å². The maximum atomic E-state index is 13.2.